The van der Waals surface area contributed by atoms with Crippen LogP contribution in [0.15, 0.2) is 12.2 Å². The van der Waals surface area contributed by atoms with Crippen molar-refractivity contribution in [2.24, 2.45) is 5.41 Å². The fourth-order valence-corrected chi connectivity index (χ4v) is 5.38. The normalized spacial score (nSPS) is 49.8. The second-order valence-corrected chi connectivity index (χ2v) is 11.3. The molecule has 1 saturated carbocycles. The lowest BCUT2D eigenvalue weighted by molar-refractivity contribution is -0.337. The molecule has 37 heavy (non-hydrogen) atoms. The Hall–Kier alpha value is -0.780. The van der Waals surface area contributed by atoms with E-state index >= 15 is 0 Å². The van der Waals surface area contributed by atoms with Crippen molar-refractivity contribution in [3.05, 3.63) is 12.2 Å². The summed E-state index contributed by atoms with van der Waals surface area (Å²) in [5, 5.41) is 92.9. The lowest BCUT2D eigenvalue weighted by atomic mass is 9.57. The molecule has 3 aliphatic rings. The highest BCUT2D eigenvalue weighted by atomic mass is 16.7. The van der Waals surface area contributed by atoms with Crippen LogP contribution in [0.3, 0.4) is 0 Å². The van der Waals surface area contributed by atoms with E-state index in [1.807, 2.05) is 0 Å². The van der Waals surface area contributed by atoms with E-state index in [1.54, 1.807) is 13.8 Å². The number of hydrogen-bond donors (Lipinski definition) is 9. The summed E-state index contributed by atoms with van der Waals surface area (Å²) in [6, 6.07) is 0. The molecule has 0 amide bonds. The van der Waals surface area contributed by atoms with E-state index in [0.29, 0.717) is 0 Å². The Morgan fingerprint density at radius 1 is 0.892 bits per heavy atom. The Labute approximate surface area is 215 Å². The van der Waals surface area contributed by atoms with Crippen LogP contribution >= 0.6 is 0 Å². The predicted molar refractivity (Wildman–Crippen MR) is 125 cm³/mol. The maximum atomic E-state index is 11.4. The van der Waals surface area contributed by atoms with Crippen LogP contribution in [0.4, 0.5) is 0 Å². The summed E-state index contributed by atoms with van der Waals surface area (Å²) >= 11 is 0. The summed E-state index contributed by atoms with van der Waals surface area (Å²) in [5.41, 5.74) is -4.37. The van der Waals surface area contributed by atoms with Crippen LogP contribution < -0.4 is 0 Å². The van der Waals surface area contributed by atoms with Crippen LogP contribution in [-0.2, 0) is 18.9 Å². The first kappa shape index (κ1) is 30.8. The van der Waals surface area contributed by atoms with Crippen LogP contribution in [-0.4, -0.2) is 138 Å². The Morgan fingerprint density at radius 2 is 1.51 bits per heavy atom. The van der Waals surface area contributed by atoms with Gasteiger partial charge in [-0.3, -0.25) is 0 Å². The largest absolute Gasteiger partial charge is 0.389 e. The monoisotopic (exact) mass is 538 g/mol. The Bertz CT molecular complexity index is 769. The van der Waals surface area contributed by atoms with E-state index in [-0.39, 0.29) is 19.4 Å². The minimum absolute atomic E-state index is 0.0776. The molecule has 13 nitrogen and oxygen atoms in total. The van der Waals surface area contributed by atoms with Crippen molar-refractivity contribution >= 4 is 0 Å². The van der Waals surface area contributed by atoms with Crippen LogP contribution in [0.5, 0.6) is 0 Å². The van der Waals surface area contributed by atoms with Crippen molar-refractivity contribution in [2.75, 3.05) is 13.2 Å². The van der Waals surface area contributed by atoms with Gasteiger partial charge in [-0.15, -0.1) is 0 Å². The first-order valence-electron chi connectivity index (χ1n) is 12.5. The van der Waals surface area contributed by atoms with Crippen LogP contribution in [0.1, 0.15) is 40.5 Å². The minimum atomic E-state index is -1.71. The predicted octanol–water partition coefficient (Wildman–Crippen LogP) is -3.13. The fourth-order valence-electron chi connectivity index (χ4n) is 5.38. The maximum Gasteiger partial charge on any atom is 0.186 e. The molecule has 13 atom stereocenters. The molecule has 13 heteroatoms. The molecule has 0 bridgehead atoms. The fraction of sp³-hybridized carbons (Fsp3) is 0.917. The molecule has 2 heterocycles. The number of ether oxygens (including phenoxy) is 4. The number of aliphatic hydroxyl groups excluding tert-OH is 7. The van der Waals surface area contributed by atoms with Gasteiger partial charge in [0.15, 0.2) is 12.6 Å². The molecular weight excluding hydrogens is 496 g/mol. The van der Waals surface area contributed by atoms with Crippen molar-refractivity contribution in [3.63, 3.8) is 0 Å². The molecular formula is C24H42O13. The average molecular weight is 539 g/mol. The molecule has 9 N–H and O–H groups in total. The number of aliphatic hydroxyl groups is 9. The van der Waals surface area contributed by atoms with Gasteiger partial charge in [0.25, 0.3) is 0 Å². The lowest BCUT2D eigenvalue weighted by Gasteiger charge is -2.56. The van der Waals surface area contributed by atoms with Gasteiger partial charge in [0.2, 0.25) is 0 Å². The first-order chi connectivity index (χ1) is 17.0. The second kappa shape index (κ2) is 11.4. The van der Waals surface area contributed by atoms with Crippen molar-refractivity contribution < 1.29 is 64.9 Å². The third kappa shape index (κ3) is 6.19. The molecule has 216 valence electrons. The van der Waals surface area contributed by atoms with Gasteiger partial charge in [-0.2, -0.15) is 0 Å². The van der Waals surface area contributed by atoms with Gasteiger partial charge in [0, 0.05) is 11.8 Å². The highest BCUT2D eigenvalue weighted by Crippen LogP contribution is 2.51. The summed E-state index contributed by atoms with van der Waals surface area (Å²) < 4.78 is 22.2. The van der Waals surface area contributed by atoms with Crippen LogP contribution in [0.2, 0.25) is 0 Å². The maximum absolute atomic E-state index is 11.4. The molecule has 3 fully saturated rings. The van der Waals surface area contributed by atoms with Crippen molar-refractivity contribution in [2.45, 2.75) is 119 Å². The minimum Gasteiger partial charge on any atom is -0.389 e. The van der Waals surface area contributed by atoms with Crippen LogP contribution in [0, 0.1) is 5.41 Å². The third-order valence-electron chi connectivity index (χ3n) is 7.71. The molecule has 0 spiro atoms. The summed E-state index contributed by atoms with van der Waals surface area (Å²) in [7, 11) is 0. The van der Waals surface area contributed by atoms with Gasteiger partial charge < -0.3 is 64.9 Å². The molecule has 2 aliphatic heterocycles. The van der Waals surface area contributed by atoms with Crippen molar-refractivity contribution in [1.82, 2.24) is 0 Å². The van der Waals surface area contributed by atoms with E-state index < -0.39 is 90.7 Å². The molecule has 2 saturated heterocycles. The van der Waals surface area contributed by atoms with Crippen molar-refractivity contribution in [3.8, 4) is 0 Å². The zero-order chi connectivity index (χ0) is 27.9. The number of hydrogen-bond acceptors (Lipinski definition) is 13. The summed E-state index contributed by atoms with van der Waals surface area (Å²) in [5.74, 6) is 0. The van der Waals surface area contributed by atoms with Gasteiger partial charge in [0.05, 0.1) is 31.0 Å². The van der Waals surface area contributed by atoms with Gasteiger partial charge in [-0.25, -0.2) is 0 Å². The van der Waals surface area contributed by atoms with Crippen molar-refractivity contribution in [1.29, 1.82) is 0 Å². The van der Waals surface area contributed by atoms with E-state index in [2.05, 4.69) is 0 Å². The van der Waals surface area contributed by atoms with Gasteiger partial charge >= 0.3 is 0 Å². The highest BCUT2D eigenvalue weighted by molar-refractivity contribution is 5.21. The van der Waals surface area contributed by atoms with E-state index in [9.17, 15) is 46.0 Å². The third-order valence-corrected chi connectivity index (χ3v) is 7.71. The smallest absolute Gasteiger partial charge is 0.186 e. The quantitative estimate of drug-likeness (QED) is 0.147. The molecule has 0 aromatic rings. The van der Waals surface area contributed by atoms with Crippen LogP contribution in [0.25, 0.3) is 0 Å². The molecule has 1 aliphatic carbocycles. The van der Waals surface area contributed by atoms with E-state index in [0.717, 1.165) is 0 Å². The summed E-state index contributed by atoms with van der Waals surface area (Å²) in [6.07, 6.45) is -12.0. The average Bonchev–Trinajstić information content (AvgIpc) is 2.80. The number of rotatable bonds is 7. The highest BCUT2D eigenvalue weighted by Gasteiger charge is 2.60. The molecule has 0 aromatic carbocycles. The molecule has 0 aromatic heterocycles. The Kier molecular flexibility index (Phi) is 9.45. The lowest BCUT2D eigenvalue weighted by Crippen LogP contribution is -2.66. The zero-order valence-corrected chi connectivity index (χ0v) is 21.5. The van der Waals surface area contributed by atoms with Gasteiger partial charge in [-0.05, 0) is 20.3 Å². The molecule has 0 radical (unpaired) electrons. The van der Waals surface area contributed by atoms with Gasteiger partial charge in [-0.1, -0.05) is 26.0 Å². The van der Waals surface area contributed by atoms with E-state index in [1.165, 1.54) is 26.0 Å². The second-order valence-electron chi connectivity index (χ2n) is 11.3. The van der Waals surface area contributed by atoms with Gasteiger partial charge in [0.1, 0.15) is 48.3 Å². The zero-order valence-electron chi connectivity index (χ0n) is 21.5. The van der Waals surface area contributed by atoms with E-state index in [4.69, 9.17) is 18.9 Å². The Balaban J connectivity index is 1.68. The topological polar surface area (TPSA) is 219 Å². The summed E-state index contributed by atoms with van der Waals surface area (Å²) in [4.78, 5) is 0. The molecule has 1 unspecified atom stereocenters. The molecule has 3 rings (SSSR count). The SMILES string of the molecule is CC(O)/C=C/[C@]1(O)C(C)(C)C[C@H](O[C@@H]2O[C@H](CO[C@@H]3OC[C@@H](O)[C@H](O)[C@H]3O)[C@@H](O)[C@H](O)[C@H]2O)C[C@@]1(C)O. The first-order valence-corrected chi connectivity index (χ1v) is 12.5. The summed E-state index contributed by atoms with van der Waals surface area (Å²) in [6.45, 7) is 5.68. The Morgan fingerprint density at radius 3 is 2.11 bits per heavy atom. The standard InChI is InChI=1S/C24H42O13/c1-11(25)5-6-24(33)22(2,3)7-12(8-23(24,4)32)36-21-19(31)17(29)16(28)14(37-21)10-35-20-18(30)15(27)13(26)9-34-20/h5-6,11-21,25-33H,7-10H2,1-4H3/b6-5+/t11?,12-,13+,14+,15-,16+,17-,18+,19+,20-,21+,23+,24-/m0/s1.